The van der Waals surface area contributed by atoms with Crippen molar-refractivity contribution < 1.29 is 9.59 Å². The van der Waals surface area contributed by atoms with Crippen molar-refractivity contribution in [3.8, 4) is 0 Å². The van der Waals surface area contributed by atoms with Gasteiger partial charge in [0, 0.05) is 44.6 Å². The van der Waals surface area contributed by atoms with Crippen LogP contribution in [0.2, 0.25) is 0 Å². The van der Waals surface area contributed by atoms with Crippen LogP contribution in [0.15, 0.2) is 42.6 Å². The predicted octanol–water partition coefficient (Wildman–Crippen LogP) is 4.75. The molecule has 1 aromatic heterocycles. The normalized spacial score (nSPS) is 12.8. The predicted molar refractivity (Wildman–Crippen MR) is 131 cm³/mol. The van der Waals surface area contributed by atoms with Crippen LogP contribution < -0.4 is 0 Å². The van der Waals surface area contributed by atoms with Gasteiger partial charge in [0.1, 0.15) is 6.54 Å². The van der Waals surface area contributed by atoms with Crippen LogP contribution in [0.25, 0.3) is 0 Å². The van der Waals surface area contributed by atoms with Gasteiger partial charge in [-0.15, -0.1) is 0 Å². The average molecular weight is 441 g/mol. The summed E-state index contributed by atoms with van der Waals surface area (Å²) in [6.45, 7) is 11.7. The second-order valence-corrected chi connectivity index (χ2v) is 8.89. The van der Waals surface area contributed by atoms with Crippen molar-refractivity contribution in [3.05, 3.63) is 59.4 Å². The first-order valence-corrected chi connectivity index (χ1v) is 11.6. The van der Waals surface area contributed by atoms with E-state index in [1.165, 1.54) is 11.1 Å². The number of carbonyl (C=O) groups is 2. The van der Waals surface area contributed by atoms with E-state index >= 15 is 0 Å². The Morgan fingerprint density at radius 2 is 1.56 bits per heavy atom. The zero-order valence-electron chi connectivity index (χ0n) is 20.8. The molecule has 3 amide bonds. The minimum Gasteiger partial charge on any atom is -0.345 e. The number of urea groups is 1. The minimum absolute atomic E-state index is 0.00227. The van der Waals surface area contributed by atoms with Crippen molar-refractivity contribution in [2.45, 2.75) is 72.6 Å². The first kappa shape index (κ1) is 25.5. The molecule has 6 heteroatoms. The zero-order valence-corrected chi connectivity index (χ0v) is 20.8. The molecule has 0 saturated carbocycles. The lowest BCUT2D eigenvalue weighted by Gasteiger charge is -2.35. The number of carbonyl (C=O) groups excluding carboxylic acids is 2. The Kier molecular flexibility index (Phi) is 9.36. The van der Waals surface area contributed by atoms with Gasteiger partial charge in [-0.25, -0.2) is 4.79 Å². The summed E-state index contributed by atoms with van der Waals surface area (Å²) >= 11 is 0. The van der Waals surface area contributed by atoms with E-state index in [1.54, 1.807) is 23.9 Å². The highest BCUT2D eigenvalue weighted by Crippen LogP contribution is 2.17. The Labute approximate surface area is 193 Å². The van der Waals surface area contributed by atoms with E-state index in [-0.39, 0.29) is 30.6 Å². The van der Waals surface area contributed by atoms with Gasteiger partial charge in [-0.1, -0.05) is 38.1 Å². The van der Waals surface area contributed by atoms with E-state index in [1.807, 2.05) is 24.8 Å². The number of amides is 3. The lowest BCUT2D eigenvalue weighted by atomic mass is 10.1. The Morgan fingerprint density at radius 1 is 0.938 bits per heavy atom. The topological polar surface area (TPSA) is 48.8 Å². The fourth-order valence-electron chi connectivity index (χ4n) is 3.73. The fraction of sp³-hybridized carbons (Fsp3) is 0.538. The number of benzene rings is 1. The molecule has 0 bridgehead atoms. The SMILES string of the molecule is CCC(C)N(Cc1cccn1Cc1ccccc1C)C(=O)CN(C(=O)N(C)C)C(C)CC. The molecule has 0 fully saturated rings. The molecular weight excluding hydrogens is 400 g/mol. The molecule has 6 nitrogen and oxygen atoms in total. The summed E-state index contributed by atoms with van der Waals surface area (Å²) in [5, 5.41) is 0. The summed E-state index contributed by atoms with van der Waals surface area (Å²) < 4.78 is 2.21. The van der Waals surface area contributed by atoms with Gasteiger partial charge >= 0.3 is 6.03 Å². The maximum absolute atomic E-state index is 13.5. The zero-order chi connectivity index (χ0) is 23.8. The van der Waals surface area contributed by atoms with Crippen LogP contribution in [0.4, 0.5) is 4.79 Å². The van der Waals surface area contributed by atoms with Gasteiger partial charge in [-0.2, -0.15) is 0 Å². The molecule has 1 aromatic carbocycles. The lowest BCUT2D eigenvalue weighted by molar-refractivity contribution is -0.135. The monoisotopic (exact) mass is 440 g/mol. The summed E-state index contributed by atoms with van der Waals surface area (Å²) in [7, 11) is 3.46. The Morgan fingerprint density at radius 3 is 2.16 bits per heavy atom. The first-order chi connectivity index (χ1) is 15.2. The van der Waals surface area contributed by atoms with Gasteiger partial charge < -0.3 is 19.3 Å². The summed E-state index contributed by atoms with van der Waals surface area (Å²) in [5.74, 6) is -0.0153. The van der Waals surface area contributed by atoms with Crippen LogP contribution in [0.5, 0.6) is 0 Å². The van der Waals surface area contributed by atoms with Gasteiger partial charge in [-0.3, -0.25) is 4.79 Å². The highest BCUT2D eigenvalue weighted by molar-refractivity contribution is 5.84. The molecule has 0 N–H and O–H groups in total. The summed E-state index contributed by atoms with van der Waals surface area (Å²) in [5.41, 5.74) is 3.62. The molecule has 32 heavy (non-hydrogen) atoms. The average Bonchev–Trinajstić information content (AvgIpc) is 3.22. The standard InChI is InChI=1S/C26H40N4O2/c1-8-21(4)29(25(31)19-30(22(5)9-2)26(32)27(6)7)18-24-15-12-16-28(24)17-23-14-11-10-13-20(23)3/h10-16,21-22H,8-9,17-19H2,1-7H3. The third-order valence-electron chi connectivity index (χ3n) is 6.36. The molecule has 0 aliphatic heterocycles. The molecule has 0 aliphatic rings. The van der Waals surface area contributed by atoms with Crippen LogP contribution in [-0.4, -0.2) is 63.9 Å². The molecule has 2 unspecified atom stereocenters. The quantitative estimate of drug-likeness (QED) is 0.535. The van der Waals surface area contributed by atoms with Crippen LogP contribution in [0, 0.1) is 6.92 Å². The minimum atomic E-state index is -0.125. The lowest BCUT2D eigenvalue weighted by Crippen LogP contribution is -2.51. The van der Waals surface area contributed by atoms with Gasteiger partial charge in [-0.05, 0) is 56.9 Å². The molecule has 1 heterocycles. The molecule has 0 spiro atoms. The van der Waals surface area contributed by atoms with Crippen molar-refractivity contribution in [2.75, 3.05) is 20.6 Å². The maximum Gasteiger partial charge on any atom is 0.320 e. The van der Waals surface area contributed by atoms with E-state index in [0.717, 1.165) is 25.1 Å². The molecule has 2 rings (SSSR count). The number of rotatable bonds is 10. The van der Waals surface area contributed by atoms with Gasteiger partial charge in [0.2, 0.25) is 5.91 Å². The van der Waals surface area contributed by atoms with Gasteiger partial charge in [0.05, 0.1) is 6.54 Å². The Balaban J connectivity index is 2.24. The first-order valence-electron chi connectivity index (χ1n) is 11.6. The van der Waals surface area contributed by atoms with Crippen molar-refractivity contribution in [1.82, 2.24) is 19.3 Å². The molecule has 0 radical (unpaired) electrons. The van der Waals surface area contributed by atoms with E-state index < -0.39 is 0 Å². The second kappa shape index (κ2) is 11.7. The van der Waals surface area contributed by atoms with E-state index in [0.29, 0.717) is 6.54 Å². The van der Waals surface area contributed by atoms with Crippen LogP contribution in [0.1, 0.15) is 57.4 Å². The highest BCUT2D eigenvalue weighted by Gasteiger charge is 2.28. The third kappa shape index (κ3) is 6.38. The number of nitrogens with zero attached hydrogens (tertiary/aromatic N) is 4. The van der Waals surface area contributed by atoms with Crippen LogP contribution in [-0.2, 0) is 17.9 Å². The number of hydrogen-bond donors (Lipinski definition) is 0. The van der Waals surface area contributed by atoms with E-state index in [4.69, 9.17) is 0 Å². The maximum atomic E-state index is 13.5. The Bertz CT molecular complexity index is 889. The number of aromatic nitrogens is 1. The van der Waals surface area contributed by atoms with Crippen LogP contribution >= 0.6 is 0 Å². The molecule has 176 valence electrons. The van der Waals surface area contributed by atoms with Gasteiger partial charge in [0.25, 0.3) is 0 Å². The number of hydrogen-bond acceptors (Lipinski definition) is 2. The van der Waals surface area contributed by atoms with E-state index in [2.05, 4.69) is 61.9 Å². The summed E-state index contributed by atoms with van der Waals surface area (Å²) in [6.07, 6.45) is 3.73. The fourth-order valence-corrected chi connectivity index (χ4v) is 3.73. The van der Waals surface area contributed by atoms with Crippen molar-refractivity contribution in [3.63, 3.8) is 0 Å². The third-order valence-corrected chi connectivity index (χ3v) is 6.36. The molecular formula is C26H40N4O2. The van der Waals surface area contributed by atoms with Gasteiger partial charge in [0.15, 0.2) is 0 Å². The van der Waals surface area contributed by atoms with Crippen molar-refractivity contribution in [2.24, 2.45) is 0 Å². The van der Waals surface area contributed by atoms with Crippen molar-refractivity contribution >= 4 is 11.9 Å². The Hall–Kier alpha value is -2.76. The van der Waals surface area contributed by atoms with Crippen LogP contribution in [0.3, 0.4) is 0 Å². The smallest absolute Gasteiger partial charge is 0.320 e. The largest absolute Gasteiger partial charge is 0.345 e. The van der Waals surface area contributed by atoms with E-state index in [9.17, 15) is 9.59 Å². The highest BCUT2D eigenvalue weighted by atomic mass is 16.2. The molecule has 2 atom stereocenters. The molecule has 0 aliphatic carbocycles. The molecule has 2 aromatic rings. The number of aryl methyl sites for hydroxylation is 1. The van der Waals surface area contributed by atoms with Crippen molar-refractivity contribution in [1.29, 1.82) is 0 Å². The molecule has 0 saturated heterocycles. The second-order valence-electron chi connectivity index (χ2n) is 8.89. The summed E-state index contributed by atoms with van der Waals surface area (Å²) in [6, 6.07) is 12.5. The summed E-state index contributed by atoms with van der Waals surface area (Å²) in [4.78, 5) is 31.3.